The number of nitrogen functional groups attached to an aromatic ring is 1. The Hall–Kier alpha value is -1.71. The molecule has 0 radical (unpaired) electrons. The number of hydrogen-bond acceptors (Lipinski definition) is 6. The molecule has 0 amide bonds. The van der Waals surface area contributed by atoms with Gasteiger partial charge in [-0.25, -0.2) is 13.1 Å². The van der Waals surface area contributed by atoms with Crippen molar-refractivity contribution in [3.8, 4) is 0 Å². The minimum absolute atomic E-state index is 0.271. The van der Waals surface area contributed by atoms with Crippen LogP contribution in [0, 0.1) is 10.1 Å². The summed E-state index contributed by atoms with van der Waals surface area (Å²) in [6.07, 6.45) is 3.33. The molecular weight excluding hydrogens is 296 g/mol. The number of nitro groups is 1. The maximum atomic E-state index is 12.5. The van der Waals surface area contributed by atoms with Crippen LogP contribution in [0.4, 0.5) is 11.4 Å². The van der Waals surface area contributed by atoms with Gasteiger partial charge in [0, 0.05) is 11.6 Å². The lowest BCUT2D eigenvalue weighted by Gasteiger charge is -2.24. The van der Waals surface area contributed by atoms with Gasteiger partial charge in [0.1, 0.15) is 0 Å². The molecule has 0 spiro atoms. The molecule has 0 unspecified atom stereocenters. The molecule has 1 aliphatic carbocycles. The van der Waals surface area contributed by atoms with E-state index in [4.69, 9.17) is 5.84 Å². The Bertz CT molecular complexity index is 653. The zero-order chi connectivity index (χ0) is 15.7. The lowest BCUT2D eigenvalue weighted by atomic mass is 10.0. The van der Waals surface area contributed by atoms with Gasteiger partial charge in [0.2, 0.25) is 10.0 Å². The molecule has 2 rings (SSSR count). The molecule has 1 saturated carbocycles. The summed E-state index contributed by atoms with van der Waals surface area (Å²) < 4.78 is 27.5. The van der Waals surface area contributed by atoms with E-state index in [1.807, 2.05) is 6.92 Å². The Morgan fingerprint density at radius 3 is 2.48 bits per heavy atom. The summed E-state index contributed by atoms with van der Waals surface area (Å²) in [5.41, 5.74) is 1.49. The summed E-state index contributed by atoms with van der Waals surface area (Å²) in [5.74, 6) is 5.19. The number of benzene rings is 1. The van der Waals surface area contributed by atoms with Crippen LogP contribution in [0.25, 0.3) is 0 Å². The fraction of sp³-hybridized carbons (Fsp3) is 0.500. The number of nitrogens with zero attached hydrogens (tertiary/aromatic N) is 1. The molecule has 0 saturated heterocycles. The first-order chi connectivity index (χ1) is 9.77. The van der Waals surface area contributed by atoms with Crippen molar-refractivity contribution in [2.45, 2.75) is 43.0 Å². The standard InChI is InChI=1S/C12H18N4O4S/c1-12(6-2-3-7-12)15-21(19,20)11-5-4-9(14-13)8-10(11)16(17)18/h4-5,8,14-15H,2-3,6-7,13H2,1H3. The molecule has 21 heavy (non-hydrogen) atoms. The lowest BCUT2D eigenvalue weighted by Crippen LogP contribution is -2.43. The topological polar surface area (TPSA) is 127 Å². The Morgan fingerprint density at radius 1 is 1.33 bits per heavy atom. The van der Waals surface area contributed by atoms with E-state index < -0.39 is 26.2 Å². The number of anilines is 1. The third-order valence-electron chi connectivity index (χ3n) is 3.70. The van der Waals surface area contributed by atoms with Crippen molar-refractivity contribution in [3.63, 3.8) is 0 Å². The smallest absolute Gasteiger partial charge is 0.291 e. The maximum absolute atomic E-state index is 12.5. The van der Waals surface area contributed by atoms with E-state index in [-0.39, 0.29) is 10.6 Å². The minimum atomic E-state index is -3.96. The van der Waals surface area contributed by atoms with Crippen LogP contribution in [-0.2, 0) is 10.0 Å². The summed E-state index contributed by atoms with van der Waals surface area (Å²) in [7, 11) is -3.96. The molecule has 1 fully saturated rings. The Morgan fingerprint density at radius 2 is 1.95 bits per heavy atom. The fourth-order valence-electron chi connectivity index (χ4n) is 2.61. The van der Waals surface area contributed by atoms with Crippen molar-refractivity contribution in [2.24, 2.45) is 5.84 Å². The molecular formula is C12H18N4O4S. The normalized spacial score (nSPS) is 17.6. The van der Waals surface area contributed by atoms with Gasteiger partial charge in [0.05, 0.1) is 10.6 Å². The number of nitro benzene ring substituents is 1. The van der Waals surface area contributed by atoms with Crippen LogP contribution in [0.1, 0.15) is 32.6 Å². The summed E-state index contributed by atoms with van der Waals surface area (Å²) >= 11 is 0. The minimum Gasteiger partial charge on any atom is -0.324 e. The SMILES string of the molecule is CC1(NS(=O)(=O)c2ccc(NN)cc2[N+](=O)[O-])CCCC1. The molecule has 4 N–H and O–H groups in total. The van der Waals surface area contributed by atoms with Gasteiger partial charge in [0.25, 0.3) is 5.69 Å². The number of rotatable bonds is 5. The number of nitrogens with two attached hydrogens (primary N) is 1. The van der Waals surface area contributed by atoms with E-state index in [1.54, 1.807) is 0 Å². The van der Waals surface area contributed by atoms with Gasteiger partial charge in [0.15, 0.2) is 4.90 Å². The lowest BCUT2D eigenvalue weighted by molar-refractivity contribution is -0.387. The Balaban J connectivity index is 2.42. The van der Waals surface area contributed by atoms with E-state index in [9.17, 15) is 18.5 Å². The van der Waals surface area contributed by atoms with Crippen molar-refractivity contribution >= 4 is 21.4 Å². The first-order valence-electron chi connectivity index (χ1n) is 6.56. The highest BCUT2D eigenvalue weighted by Gasteiger charge is 2.36. The molecule has 0 aromatic heterocycles. The van der Waals surface area contributed by atoms with Crippen LogP contribution >= 0.6 is 0 Å². The predicted octanol–water partition coefficient (Wildman–Crippen LogP) is 1.49. The highest BCUT2D eigenvalue weighted by atomic mass is 32.2. The predicted molar refractivity (Wildman–Crippen MR) is 78.1 cm³/mol. The van der Waals surface area contributed by atoms with Crippen LogP contribution in [0.5, 0.6) is 0 Å². The molecule has 0 heterocycles. The summed E-state index contributed by atoms with van der Waals surface area (Å²) in [5, 5.41) is 11.1. The largest absolute Gasteiger partial charge is 0.324 e. The van der Waals surface area contributed by atoms with Gasteiger partial charge in [-0.05, 0) is 31.9 Å². The number of hydrazine groups is 1. The first-order valence-corrected chi connectivity index (χ1v) is 8.05. The second-order valence-electron chi connectivity index (χ2n) is 5.46. The van der Waals surface area contributed by atoms with Crippen LogP contribution in [0.3, 0.4) is 0 Å². The summed E-state index contributed by atoms with van der Waals surface area (Å²) in [4.78, 5) is 10.0. The van der Waals surface area contributed by atoms with Gasteiger partial charge < -0.3 is 5.43 Å². The average molecular weight is 314 g/mol. The van der Waals surface area contributed by atoms with Crippen molar-refractivity contribution in [1.82, 2.24) is 4.72 Å². The van der Waals surface area contributed by atoms with Crippen molar-refractivity contribution in [1.29, 1.82) is 0 Å². The zero-order valence-corrected chi connectivity index (χ0v) is 12.4. The van der Waals surface area contributed by atoms with Crippen LogP contribution < -0.4 is 16.0 Å². The van der Waals surface area contributed by atoms with Crippen molar-refractivity contribution in [2.75, 3.05) is 5.43 Å². The highest BCUT2D eigenvalue weighted by Crippen LogP contribution is 2.33. The van der Waals surface area contributed by atoms with E-state index in [0.717, 1.165) is 31.7 Å². The molecule has 116 valence electrons. The molecule has 0 atom stereocenters. The van der Waals surface area contributed by atoms with Crippen LogP contribution in [-0.4, -0.2) is 18.9 Å². The van der Waals surface area contributed by atoms with E-state index in [0.29, 0.717) is 0 Å². The van der Waals surface area contributed by atoms with Gasteiger partial charge in [-0.2, -0.15) is 0 Å². The van der Waals surface area contributed by atoms with Gasteiger partial charge >= 0.3 is 0 Å². The second kappa shape index (κ2) is 5.58. The summed E-state index contributed by atoms with van der Waals surface area (Å²) in [6, 6.07) is 3.68. The Labute approximate surface area is 122 Å². The number of nitrogens with one attached hydrogen (secondary N) is 2. The van der Waals surface area contributed by atoms with Gasteiger partial charge in [-0.15, -0.1) is 0 Å². The van der Waals surface area contributed by atoms with Crippen molar-refractivity contribution in [3.05, 3.63) is 28.3 Å². The quantitative estimate of drug-likeness (QED) is 0.429. The highest BCUT2D eigenvalue weighted by molar-refractivity contribution is 7.89. The average Bonchev–Trinajstić information content (AvgIpc) is 2.83. The molecule has 8 nitrogen and oxygen atoms in total. The van der Waals surface area contributed by atoms with Crippen LogP contribution in [0.15, 0.2) is 23.1 Å². The maximum Gasteiger partial charge on any atom is 0.291 e. The zero-order valence-electron chi connectivity index (χ0n) is 11.6. The first kappa shape index (κ1) is 15.7. The monoisotopic (exact) mass is 314 g/mol. The van der Waals surface area contributed by atoms with E-state index in [2.05, 4.69) is 10.1 Å². The third kappa shape index (κ3) is 3.31. The van der Waals surface area contributed by atoms with Gasteiger partial charge in [-0.1, -0.05) is 12.8 Å². The summed E-state index contributed by atoms with van der Waals surface area (Å²) in [6.45, 7) is 1.82. The molecule has 1 aromatic rings. The van der Waals surface area contributed by atoms with Crippen molar-refractivity contribution < 1.29 is 13.3 Å². The second-order valence-corrected chi connectivity index (χ2v) is 7.11. The number of hydrogen-bond donors (Lipinski definition) is 3. The molecule has 0 bridgehead atoms. The Kier molecular flexibility index (Phi) is 4.17. The molecule has 0 aliphatic heterocycles. The van der Waals surface area contributed by atoms with E-state index >= 15 is 0 Å². The molecule has 9 heteroatoms. The van der Waals surface area contributed by atoms with Crippen LogP contribution in [0.2, 0.25) is 0 Å². The number of sulfonamides is 1. The van der Waals surface area contributed by atoms with E-state index in [1.165, 1.54) is 12.1 Å². The fourth-order valence-corrected chi connectivity index (χ4v) is 4.23. The molecule has 1 aromatic carbocycles. The molecule has 1 aliphatic rings. The third-order valence-corrected chi connectivity index (χ3v) is 5.39. The van der Waals surface area contributed by atoms with Gasteiger partial charge in [-0.3, -0.25) is 16.0 Å².